The molecule has 0 heterocycles. The van der Waals surface area contributed by atoms with Crippen molar-refractivity contribution in [3.63, 3.8) is 0 Å². The molecule has 0 spiro atoms. The highest BCUT2D eigenvalue weighted by molar-refractivity contribution is 5.76. The topological polar surface area (TPSA) is 29.1 Å². The van der Waals surface area contributed by atoms with Crippen LogP contribution in [-0.2, 0) is 4.79 Å². The Morgan fingerprint density at radius 1 is 1.14 bits per heavy atom. The summed E-state index contributed by atoms with van der Waals surface area (Å²) < 4.78 is 0. The lowest BCUT2D eigenvalue weighted by Gasteiger charge is -2.12. The molecule has 0 aromatic carbocycles. The van der Waals surface area contributed by atoms with Gasteiger partial charge < -0.3 is 5.32 Å². The fraction of sp³-hybridized carbons (Fsp3) is 0.917. The summed E-state index contributed by atoms with van der Waals surface area (Å²) in [6.45, 7) is 6.42. The van der Waals surface area contributed by atoms with Crippen LogP contribution >= 0.6 is 0 Å². The maximum absolute atomic E-state index is 11.4. The van der Waals surface area contributed by atoms with Crippen molar-refractivity contribution in [3.05, 3.63) is 0 Å². The standard InChI is InChI=1S/C12H25NO/c1-4-6-8-10-12(14)13-11(3)9-7-5-2/h11H,4-10H2,1-3H3,(H,13,14). The van der Waals surface area contributed by atoms with E-state index in [4.69, 9.17) is 0 Å². The van der Waals surface area contributed by atoms with E-state index >= 15 is 0 Å². The van der Waals surface area contributed by atoms with Crippen LogP contribution in [0.15, 0.2) is 0 Å². The van der Waals surface area contributed by atoms with Crippen LogP contribution in [0.25, 0.3) is 0 Å². The van der Waals surface area contributed by atoms with Crippen molar-refractivity contribution in [2.45, 2.75) is 71.8 Å². The summed E-state index contributed by atoms with van der Waals surface area (Å²) in [7, 11) is 0. The molecular formula is C12H25NO. The zero-order valence-corrected chi connectivity index (χ0v) is 9.94. The van der Waals surface area contributed by atoms with Crippen molar-refractivity contribution >= 4 is 5.91 Å². The van der Waals surface area contributed by atoms with Crippen LogP contribution in [0, 0.1) is 0 Å². The Kier molecular flexibility index (Phi) is 8.70. The molecule has 1 amide bonds. The summed E-state index contributed by atoms with van der Waals surface area (Å²) in [5.74, 6) is 0.224. The highest BCUT2D eigenvalue weighted by Gasteiger charge is 2.05. The Hall–Kier alpha value is -0.530. The third kappa shape index (κ3) is 8.09. The van der Waals surface area contributed by atoms with Crippen LogP contribution in [0.3, 0.4) is 0 Å². The van der Waals surface area contributed by atoms with Crippen LogP contribution in [0.2, 0.25) is 0 Å². The summed E-state index contributed by atoms with van der Waals surface area (Å²) in [5.41, 5.74) is 0. The minimum Gasteiger partial charge on any atom is -0.354 e. The van der Waals surface area contributed by atoms with Crippen LogP contribution in [-0.4, -0.2) is 11.9 Å². The van der Waals surface area contributed by atoms with Crippen molar-refractivity contribution < 1.29 is 4.79 Å². The van der Waals surface area contributed by atoms with E-state index in [2.05, 4.69) is 26.1 Å². The third-order valence-electron chi connectivity index (χ3n) is 2.41. The summed E-state index contributed by atoms with van der Waals surface area (Å²) in [6, 6.07) is 0.351. The van der Waals surface area contributed by atoms with Crippen LogP contribution < -0.4 is 5.32 Å². The number of rotatable bonds is 8. The van der Waals surface area contributed by atoms with Gasteiger partial charge in [-0.3, -0.25) is 4.79 Å². The van der Waals surface area contributed by atoms with E-state index in [1.54, 1.807) is 0 Å². The van der Waals surface area contributed by atoms with Gasteiger partial charge in [0.25, 0.3) is 0 Å². The van der Waals surface area contributed by atoms with Gasteiger partial charge in [0, 0.05) is 12.5 Å². The van der Waals surface area contributed by atoms with Gasteiger partial charge in [0.15, 0.2) is 0 Å². The summed E-state index contributed by atoms with van der Waals surface area (Å²) >= 11 is 0. The second-order valence-electron chi connectivity index (χ2n) is 4.07. The maximum atomic E-state index is 11.4. The maximum Gasteiger partial charge on any atom is 0.220 e. The van der Waals surface area contributed by atoms with Crippen LogP contribution in [0.5, 0.6) is 0 Å². The normalized spacial score (nSPS) is 12.5. The quantitative estimate of drug-likeness (QED) is 0.597. The molecule has 0 bridgehead atoms. The molecule has 2 heteroatoms. The molecule has 0 fully saturated rings. The number of nitrogens with one attached hydrogen (secondary N) is 1. The molecule has 0 rings (SSSR count). The molecule has 0 aliphatic carbocycles. The molecule has 14 heavy (non-hydrogen) atoms. The van der Waals surface area contributed by atoms with E-state index in [0.29, 0.717) is 12.5 Å². The molecule has 0 aromatic heterocycles. The Morgan fingerprint density at radius 3 is 2.36 bits per heavy atom. The molecule has 0 saturated carbocycles. The molecule has 0 aliphatic heterocycles. The summed E-state index contributed by atoms with van der Waals surface area (Å²) in [6.07, 6.45) is 7.59. The molecule has 0 radical (unpaired) electrons. The lowest BCUT2D eigenvalue weighted by Crippen LogP contribution is -2.32. The Morgan fingerprint density at radius 2 is 1.79 bits per heavy atom. The minimum absolute atomic E-state index is 0.224. The van der Waals surface area contributed by atoms with E-state index in [1.807, 2.05) is 0 Å². The molecule has 0 aromatic rings. The fourth-order valence-electron chi connectivity index (χ4n) is 1.47. The number of carbonyl (C=O) groups is 1. The Bertz CT molecular complexity index is 145. The van der Waals surface area contributed by atoms with Gasteiger partial charge in [-0.1, -0.05) is 39.5 Å². The first-order valence-corrected chi connectivity index (χ1v) is 6.00. The lowest BCUT2D eigenvalue weighted by molar-refractivity contribution is -0.121. The average molecular weight is 199 g/mol. The third-order valence-corrected chi connectivity index (χ3v) is 2.41. The first kappa shape index (κ1) is 13.5. The Labute approximate surface area is 88.5 Å². The van der Waals surface area contributed by atoms with E-state index in [-0.39, 0.29) is 5.91 Å². The van der Waals surface area contributed by atoms with E-state index in [0.717, 1.165) is 19.3 Å². The largest absolute Gasteiger partial charge is 0.354 e. The SMILES string of the molecule is CCCCCC(=O)NC(C)CCCC. The van der Waals surface area contributed by atoms with Gasteiger partial charge in [-0.25, -0.2) is 0 Å². The van der Waals surface area contributed by atoms with Gasteiger partial charge in [-0.2, -0.15) is 0 Å². The second-order valence-corrected chi connectivity index (χ2v) is 4.07. The summed E-state index contributed by atoms with van der Waals surface area (Å²) in [5, 5.41) is 3.03. The zero-order chi connectivity index (χ0) is 10.8. The number of amides is 1. The highest BCUT2D eigenvalue weighted by atomic mass is 16.1. The van der Waals surface area contributed by atoms with Crippen molar-refractivity contribution in [1.82, 2.24) is 5.32 Å². The number of hydrogen-bond donors (Lipinski definition) is 1. The van der Waals surface area contributed by atoms with Gasteiger partial charge in [-0.05, 0) is 19.8 Å². The molecule has 0 aliphatic rings. The second kappa shape index (κ2) is 9.04. The molecule has 84 valence electrons. The van der Waals surface area contributed by atoms with Gasteiger partial charge in [0.05, 0.1) is 0 Å². The zero-order valence-electron chi connectivity index (χ0n) is 9.94. The molecule has 2 nitrogen and oxygen atoms in total. The first-order chi connectivity index (χ1) is 6.70. The van der Waals surface area contributed by atoms with Gasteiger partial charge in [0.1, 0.15) is 0 Å². The van der Waals surface area contributed by atoms with Gasteiger partial charge in [0.2, 0.25) is 5.91 Å². The van der Waals surface area contributed by atoms with E-state index in [9.17, 15) is 4.79 Å². The lowest BCUT2D eigenvalue weighted by atomic mass is 10.1. The highest BCUT2D eigenvalue weighted by Crippen LogP contribution is 2.02. The minimum atomic E-state index is 0.224. The molecule has 1 N–H and O–H groups in total. The Balaban J connectivity index is 3.40. The van der Waals surface area contributed by atoms with Gasteiger partial charge >= 0.3 is 0 Å². The monoisotopic (exact) mass is 199 g/mol. The molecule has 1 atom stereocenters. The van der Waals surface area contributed by atoms with E-state index in [1.165, 1.54) is 19.3 Å². The number of hydrogen-bond acceptors (Lipinski definition) is 1. The van der Waals surface area contributed by atoms with Crippen molar-refractivity contribution in [1.29, 1.82) is 0 Å². The fourth-order valence-corrected chi connectivity index (χ4v) is 1.47. The van der Waals surface area contributed by atoms with Crippen LogP contribution in [0.1, 0.15) is 65.7 Å². The van der Waals surface area contributed by atoms with E-state index < -0.39 is 0 Å². The van der Waals surface area contributed by atoms with Crippen molar-refractivity contribution in [2.75, 3.05) is 0 Å². The molecule has 1 unspecified atom stereocenters. The first-order valence-electron chi connectivity index (χ1n) is 6.00. The smallest absolute Gasteiger partial charge is 0.220 e. The predicted octanol–water partition coefficient (Wildman–Crippen LogP) is 3.26. The average Bonchev–Trinajstić information content (AvgIpc) is 2.15. The van der Waals surface area contributed by atoms with Crippen molar-refractivity contribution in [3.8, 4) is 0 Å². The number of carbonyl (C=O) groups excluding carboxylic acids is 1. The van der Waals surface area contributed by atoms with Gasteiger partial charge in [-0.15, -0.1) is 0 Å². The number of unbranched alkanes of at least 4 members (excludes halogenated alkanes) is 3. The molecule has 0 saturated heterocycles. The van der Waals surface area contributed by atoms with Crippen molar-refractivity contribution in [2.24, 2.45) is 0 Å². The predicted molar refractivity (Wildman–Crippen MR) is 61.3 cm³/mol. The molecular weight excluding hydrogens is 174 g/mol. The summed E-state index contributed by atoms with van der Waals surface area (Å²) in [4.78, 5) is 11.4. The van der Waals surface area contributed by atoms with Crippen LogP contribution in [0.4, 0.5) is 0 Å².